The van der Waals surface area contributed by atoms with Crippen molar-refractivity contribution in [2.45, 2.75) is 39.8 Å². The van der Waals surface area contributed by atoms with Crippen LogP contribution in [0.5, 0.6) is 0 Å². The second-order valence-corrected chi connectivity index (χ2v) is 8.76. The first-order valence-corrected chi connectivity index (χ1v) is 12.1. The van der Waals surface area contributed by atoms with Crippen LogP contribution in [0.1, 0.15) is 44.6 Å². The Morgan fingerprint density at radius 1 is 1.21 bits per heavy atom. The molecular weight excluding hydrogens is 455 g/mol. The minimum Gasteiger partial charge on any atom is -0.467 e. The molecule has 1 aromatic carbocycles. The summed E-state index contributed by atoms with van der Waals surface area (Å²) in [6, 6.07) is 9.27. The van der Waals surface area contributed by atoms with Crippen LogP contribution in [0, 0.1) is 5.82 Å². The standard InChI is InChI=1S/C25H27FN4O3S/c1-4-29(5-2)24(32)22-16(3)28-25-30(23(22)19-10-6-7-11-20(19)26)17(15-34-25)13-21(31)27-14-18-9-8-12-33-18/h6-12,15,23H,4-5,13-14H2,1-3H3,(H,27,31). The fourth-order valence-electron chi connectivity index (χ4n) is 4.14. The van der Waals surface area contributed by atoms with Gasteiger partial charge in [-0.3, -0.25) is 9.59 Å². The lowest BCUT2D eigenvalue weighted by molar-refractivity contribution is -0.127. The minimum atomic E-state index is -0.721. The maximum atomic E-state index is 15.1. The zero-order valence-electron chi connectivity index (χ0n) is 19.4. The van der Waals surface area contributed by atoms with Gasteiger partial charge in [0.15, 0.2) is 5.17 Å². The van der Waals surface area contributed by atoms with Gasteiger partial charge in [0.25, 0.3) is 5.91 Å². The second-order valence-electron chi connectivity index (χ2n) is 7.92. The number of amidine groups is 1. The van der Waals surface area contributed by atoms with Crippen molar-refractivity contribution in [2.24, 2.45) is 4.99 Å². The number of hydrogen-bond donors (Lipinski definition) is 1. The van der Waals surface area contributed by atoms with Gasteiger partial charge in [0.1, 0.15) is 11.6 Å². The Kier molecular flexibility index (Phi) is 7.21. The molecule has 2 aromatic rings. The van der Waals surface area contributed by atoms with Crippen LogP contribution in [0.2, 0.25) is 0 Å². The number of nitrogens with one attached hydrogen (secondary N) is 1. The molecule has 178 valence electrons. The lowest BCUT2D eigenvalue weighted by atomic mass is 9.92. The van der Waals surface area contributed by atoms with Gasteiger partial charge in [-0.15, -0.1) is 0 Å². The first-order chi connectivity index (χ1) is 16.4. The van der Waals surface area contributed by atoms with E-state index in [2.05, 4.69) is 10.3 Å². The quantitative estimate of drug-likeness (QED) is 0.597. The largest absolute Gasteiger partial charge is 0.467 e. The van der Waals surface area contributed by atoms with E-state index in [9.17, 15) is 9.59 Å². The lowest BCUT2D eigenvalue weighted by Crippen LogP contribution is -2.42. The van der Waals surface area contributed by atoms with E-state index in [4.69, 9.17) is 4.42 Å². The SMILES string of the molecule is CCN(CC)C(=O)C1=C(C)N=C2SC=C(CC(=O)NCc3ccco3)N2C1c1ccccc1F. The van der Waals surface area contributed by atoms with Crippen molar-refractivity contribution in [3.05, 3.63) is 82.2 Å². The van der Waals surface area contributed by atoms with Crippen molar-refractivity contribution < 1.29 is 18.4 Å². The Labute approximate surface area is 202 Å². The van der Waals surface area contributed by atoms with Gasteiger partial charge < -0.3 is 19.5 Å². The zero-order chi connectivity index (χ0) is 24.2. The molecule has 2 amide bonds. The van der Waals surface area contributed by atoms with Gasteiger partial charge >= 0.3 is 0 Å². The van der Waals surface area contributed by atoms with E-state index >= 15 is 4.39 Å². The van der Waals surface area contributed by atoms with Crippen LogP contribution in [-0.4, -0.2) is 39.9 Å². The van der Waals surface area contributed by atoms with E-state index in [1.165, 1.54) is 17.8 Å². The number of rotatable bonds is 8. The molecule has 0 aliphatic carbocycles. The van der Waals surface area contributed by atoms with Gasteiger partial charge in [-0.1, -0.05) is 30.0 Å². The van der Waals surface area contributed by atoms with Crippen molar-refractivity contribution in [1.82, 2.24) is 15.1 Å². The molecule has 0 spiro atoms. The maximum Gasteiger partial charge on any atom is 0.254 e. The summed E-state index contributed by atoms with van der Waals surface area (Å²) in [6.07, 6.45) is 1.61. The number of halogens is 1. The van der Waals surface area contributed by atoms with Gasteiger partial charge in [-0.05, 0) is 44.4 Å². The second kappa shape index (κ2) is 10.3. The van der Waals surface area contributed by atoms with Gasteiger partial charge in [-0.25, -0.2) is 9.38 Å². The van der Waals surface area contributed by atoms with Crippen molar-refractivity contribution in [3.63, 3.8) is 0 Å². The number of benzene rings is 1. The zero-order valence-corrected chi connectivity index (χ0v) is 20.2. The summed E-state index contributed by atoms with van der Waals surface area (Å²) in [5.74, 6) is -0.153. The number of aliphatic imine (C=N–C) groups is 1. The van der Waals surface area contributed by atoms with Gasteiger partial charge in [0.2, 0.25) is 5.91 Å². The highest BCUT2D eigenvalue weighted by Gasteiger charge is 2.42. The third-order valence-corrected chi connectivity index (χ3v) is 6.75. The fraction of sp³-hybridized carbons (Fsp3) is 0.320. The van der Waals surface area contributed by atoms with Crippen molar-refractivity contribution >= 4 is 28.7 Å². The van der Waals surface area contributed by atoms with Gasteiger partial charge in [0.05, 0.1) is 36.5 Å². The molecule has 2 aliphatic rings. The summed E-state index contributed by atoms with van der Waals surface area (Å²) in [6.45, 7) is 6.93. The summed E-state index contributed by atoms with van der Waals surface area (Å²) in [5, 5.41) is 5.31. The van der Waals surface area contributed by atoms with Crippen LogP contribution >= 0.6 is 11.8 Å². The van der Waals surface area contributed by atoms with E-state index in [1.54, 1.807) is 48.4 Å². The van der Waals surface area contributed by atoms with E-state index in [0.717, 1.165) is 0 Å². The topological polar surface area (TPSA) is 78.1 Å². The highest BCUT2D eigenvalue weighted by atomic mass is 32.2. The fourth-order valence-corrected chi connectivity index (χ4v) is 5.11. The van der Waals surface area contributed by atoms with Crippen LogP contribution in [0.3, 0.4) is 0 Å². The maximum absolute atomic E-state index is 15.1. The van der Waals surface area contributed by atoms with Crippen molar-refractivity contribution in [3.8, 4) is 0 Å². The number of amides is 2. The van der Waals surface area contributed by atoms with Crippen LogP contribution in [-0.2, 0) is 16.1 Å². The first-order valence-electron chi connectivity index (χ1n) is 11.2. The van der Waals surface area contributed by atoms with Crippen LogP contribution in [0.25, 0.3) is 0 Å². The minimum absolute atomic E-state index is 0.0590. The smallest absolute Gasteiger partial charge is 0.254 e. The summed E-state index contributed by atoms with van der Waals surface area (Å²) < 4.78 is 20.4. The molecule has 3 heterocycles. The molecule has 7 nitrogen and oxygen atoms in total. The average molecular weight is 483 g/mol. The first kappa shape index (κ1) is 23.8. The number of carbonyl (C=O) groups excluding carboxylic acids is 2. The molecule has 4 rings (SSSR count). The van der Waals surface area contributed by atoms with Crippen LogP contribution in [0.15, 0.2) is 74.4 Å². The molecule has 1 aromatic heterocycles. The number of allylic oxidation sites excluding steroid dienone is 1. The molecule has 0 saturated heterocycles. The highest BCUT2D eigenvalue weighted by molar-refractivity contribution is 8.16. The summed E-state index contributed by atoms with van der Waals surface area (Å²) >= 11 is 1.37. The summed E-state index contributed by atoms with van der Waals surface area (Å²) in [5.41, 5.74) is 2.00. The molecule has 2 aliphatic heterocycles. The lowest BCUT2D eigenvalue weighted by Gasteiger charge is -2.38. The number of hydrogen-bond acceptors (Lipinski definition) is 6. The molecule has 0 bridgehead atoms. The number of furan rings is 1. The van der Waals surface area contributed by atoms with E-state index in [1.807, 2.05) is 24.2 Å². The molecule has 0 radical (unpaired) electrons. The Balaban J connectivity index is 1.67. The Bertz CT molecular complexity index is 1170. The van der Waals surface area contributed by atoms with E-state index in [-0.39, 0.29) is 24.8 Å². The molecule has 1 unspecified atom stereocenters. The average Bonchev–Trinajstić information content (AvgIpc) is 3.48. The molecule has 9 heteroatoms. The third-order valence-electron chi connectivity index (χ3n) is 5.86. The Morgan fingerprint density at radius 2 is 1.97 bits per heavy atom. The molecule has 34 heavy (non-hydrogen) atoms. The number of likely N-dealkylation sites (N-methyl/N-ethyl adjacent to an activating group) is 1. The molecule has 0 saturated carbocycles. The summed E-state index contributed by atoms with van der Waals surface area (Å²) in [4.78, 5) is 34.5. The Hall–Kier alpha value is -3.33. The normalized spacial score (nSPS) is 17.3. The van der Waals surface area contributed by atoms with E-state index in [0.29, 0.717) is 46.5 Å². The van der Waals surface area contributed by atoms with Gasteiger partial charge in [0, 0.05) is 24.4 Å². The Morgan fingerprint density at radius 3 is 2.65 bits per heavy atom. The highest BCUT2D eigenvalue weighted by Crippen LogP contribution is 2.45. The number of fused-ring (bicyclic) bond motifs is 1. The number of carbonyl (C=O) groups is 2. The molecular formula is C25H27FN4O3S. The van der Waals surface area contributed by atoms with Crippen molar-refractivity contribution in [1.29, 1.82) is 0 Å². The monoisotopic (exact) mass is 482 g/mol. The van der Waals surface area contributed by atoms with Crippen molar-refractivity contribution in [2.75, 3.05) is 13.1 Å². The molecule has 1 atom stereocenters. The number of nitrogens with zero attached hydrogens (tertiary/aromatic N) is 3. The predicted octanol–water partition coefficient (Wildman–Crippen LogP) is 4.57. The van der Waals surface area contributed by atoms with Crippen LogP contribution < -0.4 is 5.32 Å². The predicted molar refractivity (Wildman–Crippen MR) is 130 cm³/mol. The summed E-state index contributed by atoms with van der Waals surface area (Å²) in [7, 11) is 0. The number of thioether (sulfide) groups is 1. The van der Waals surface area contributed by atoms with Crippen LogP contribution in [0.4, 0.5) is 4.39 Å². The molecule has 1 N–H and O–H groups in total. The third kappa shape index (κ3) is 4.65. The van der Waals surface area contributed by atoms with E-state index < -0.39 is 11.9 Å². The van der Waals surface area contributed by atoms with Gasteiger partial charge in [-0.2, -0.15) is 0 Å². The molecule has 0 fully saturated rings.